The lowest BCUT2D eigenvalue weighted by Gasteiger charge is -2.22. The summed E-state index contributed by atoms with van der Waals surface area (Å²) in [6, 6.07) is 10.8. The van der Waals surface area contributed by atoms with Crippen LogP contribution >= 0.6 is 9.55 Å². The fourth-order valence-electron chi connectivity index (χ4n) is 3.39. The maximum Gasteiger partial charge on any atom is 0.0684 e. The minimum Gasteiger partial charge on any atom is -0.394 e. The molecule has 0 spiro atoms. The van der Waals surface area contributed by atoms with Gasteiger partial charge in [0.15, 0.2) is 0 Å². The van der Waals surface area contributed by atoms with Crippen LogP contribution in [-0.2, 0) is 18.4 Å². The van der Waals surface area contributed by atoms with Gasteiger partial charge in [0.2, 0.25) is 0 Å². The summed E-state index contributed by atoms with van der Waals surface area (Å²) in [4.78, 5) is 0. The summed E-state index contributed by atoms with van der Waals surface area (Å²) in [5.41, 5.74) is 8.15. The Balaban J connectivity index is 0.00000218. The number of nitrogens with one attached hydrogen (secondary N) is 1. The predicted molar refractivity (Wildman–Crippen MR) is 134 cm³/mol. The van der Waals surface area contributed by atoms with Gasteiger partial charge in [0.25, 0.3) is 0 Å². The summed E-state index contributed by atoms with van der Waals surface area (Å²) in [5, 5.41) is 13.0. The van der Waals surface area contributed by atoms with Gasteiger partial charge in [-0.15, -0.1) is 0 Å². The number of hydrogen-bond donors (Lipinski definition) is 2. The maximum atomic E-state index is 9.87. The van der Waals surface area contributed by atoms with Crippen molar-refractivity contribution < 1.29 is 9.30 Å². The lowest BCUT2D eigenvalue weighted by Crippen LogP contribution is -2.12. The van der Waals surface area contributed by atoms with Gasteiger partial charge in [-0.25, -0.2) is 4.20 Å². The van der Waals surface area contributed by atoms with E-state index in [0.717, 1.165) is 38.2 Å². The molecule has 4 heteroatoms. The molecule has 0 bridgehead atoms. The van der Waals surface area contributed by atoms with Crippen LogP contribution in [0, 0.1) is 0 Å². The summed E-state index contributed by atoms with van der Waals surface area (Å²) in [7, 11) is 2.82. The fraction of sp³-hybridized carbons (Fsp3) is 0.308. The Morgan fingerprint density at radius 3 is 2.23 bits per heavy atom. The SMILES string of the molecule is C=Cc1c(/C=C\C)ccc(Cc2cc(C(C)(C)C)ccc2CO)c1/C=C\NC.FP. The van der Waals surface area contributed by atoms with E-state index in [0.29, 0.717) is 0 Å². The van der Waals surface area contributed by atoms with Crippen LogP contribution < -0.4 is 5.32 Å². The van der Waals surface area contributed by atoms with Gasteiger partial charge >= 0.3 is 0 Å². The molecule has 2 aromatic carbocycles. The molecule has 0 amide bonds. The van der Waals surface area contributed by atoms with Crippen molar-refractivity contribution in [2.24, 2.45) is 0 Å². The highest BCUT2D eigenvalue weighted by Crippen LogP contribution is 2.29. The van der Waals surface area contributed by atoms with Crippen LogP contribution in [0.25, 0.3) is 18.2 Å². The molecule has 2 aromatic rings. The van der Waals surface area contributed by atoms with Crippen LogP contribution in [0.3, 0.4) is 0 Å². The van der Waals surface area contributed by atoms with Gasteiger partial charge in [-0.1, -0.05) is 75.9 Å². The van der Waals surface area contributed by atoms with E-state index in [-0.39, 0.29) is 12.0 Å². The third-order valence-corrected chi connectivity index (χ3v) is 5.00. The van der Waals surface area contributed by atoms with Crippen LogP contribution in [0.5, 0.6) is 0 Å². The van der Waals surface area contributed by atoms with Gasteiger partial charge in [0.1, 0.15) is 0 Å². The average molecular weight is 428 g/mol. The summed E-state index contributed by atoms with van der Waals surface area (Å²) >= 11 is 0. The smallest absolute Gasteiger partial charge is 0.0684 e. The van der Waals surface area contributed by atoms with E-state index in [1.165, 1.54) is 16.7 Å². The molecular formula is C26H35FNOP. The topological polar surface area (TPSA) is 32.3 Å². The van der Waals surface area contributed by atoms with E-state index >= 15 is 0 Å². The Kier molecular flexibility index (Phi) is 10.7. The zero-order valence-electron chi connectivity index (χ0n) is 18.8. The highest BCUT2D eigenvalue weighted by Gasteiger charge is 2.17. The number of hydrogen-bond acceptors (Lipinski definition) is 2. The maximum absolute atomic E-state index is 9.87. The van der Waals surface area contributed by atoms with Crippen molar-refractivity contribution in [2.45, 2.75) is 46.1 Å². The molecule has 0 fully saturated rings. The van der Waals surface area contributed by atoms with Crippen LogP contribution in [0.4, 0.5) is 4.20 Å². The van der Waals surface area contributed by atoms with Crippen molar-refractivity contribution in [3.8, 4) is 0 Å². The normalized spacial score (nSPS) is 11.5. The molecule has 0 aliphatic carbocycles. The number of benzene rings is 2. The number of aliphatic hydroxyl groups is 1. The zero-order chi connectivity index (χ0) is 22.7. The van der Waals surface area contributed by atoms with Crippen molar-refractivity contribution in [1.29, 1.82) is 0 Å². The summed E-state index contributed by atoms with van der Waals surface area (Å²) in [5.74, 6) is 0. The molecule has 0 aromatic heterocycles. The first-order valence-electron chi connectivity index (χ1n) is 10.1. The van der Waals surface area contributed by atoms with Crippen molar-refractivity contribution in [2.75, 3.05) is 7.05 Å². The Hall–Kier alpha value is -2.22. The zero-order valence-corrected chi connectivity index (χ0v) is 20.0. The van der Waals surface area contributed by atoms with Gasteiger partial charge in [-0.3, -0.25) is 0 Å². The third-order valence-electron chi connectivity index (χ3n) is 5.00. The summed E-state index contributed by atoms with van der Waals surface area (Å²) in [6.07, 6.45) is 10.9. The third kappa shape index (κ3) is 6.65. The number of allylic oxidation sites excluding steroid dienone is 1. The molecule has 1 unspecified atom stereocenters. The molecule has 2 rings (SSSR count). The van der Waals surface area contributed by atoms with E-state index in [1.54, 1.807) is 0 Å². The van der Waals surface area contributed by atoms with Crippen molar-refractivity contribution in [1.82, 2.24) is 5.32 Å². The standard InChI is InChI=1S/C26H33NO.FH2P/c1-7-9-19-10-11-20(25(14-15-27-6)24(19)8-2)16-22-17-23(26(3,4)5)13-12-21(22)18-28;1-2/h7-15,17,27-28H,2,16,18H2,1,3-6H3;2H2/b9-7-,15-14-;. The van der Waals surface area contributed by atoms with E-state index < -0.39 is 0 Å². The highest BCUT2D eigenvalue weighted by atomic mass is 31.1. The van der Waals surface area contributed by atoms with E-state index in [1.807, 2.05) is 32.3 Å². The first kappa shape index (κ1) is 25.8. The average Bonchev–Trinajstić information content (AvgIpc) is 2.74. The molecule has 0 radical (unpaired) electrons. The lowest BCUT2D eigenvalue weighted by atomic mass is 9.83. The fourth-order valence-corrected chi connectivity index (χ4v) is 3.39. The van der Waals surface area contributed by atoms with E-state index in [4.69, 9.17) is 0 Å². The Morgan fingerprint density at radius 2 is 1.70 bits per heavy atom. The van der Waals surface area contributed by atoms with Gasteiger partial charge < -0.3 is 10.4 Å². The van der Waals surface area contributed by atoms with Crippen molar-refractivity contribution in [3.05, 3.63) is 88.1 Å². The summed E-state index contributed by atoms with van der Waals surface area (Å²) in [6.45, 7) is 12.8. The Bertz CT molecular complexity index is 895. The van der Waals surface area contributed by atoms with Gasteiger partial charge in [0.05, 0.1) is 16.2 Å². The first-order chi connectivity index (χ1) is 14.3. The second kappa shape index (κ2) is 12.5. The minimum absolute atomic E-state index is 0.0480. The molecule has 2 nitrogen and oxygen atoms in total. The van der Waals surface area contributed by atoms with Gasteiger partial charge in [-0.05, 0) is 70.0 Å². The number of aliphatic hydroxyl groups excluding tert-OH is 1. The lowest BCUT2D eigenvalue weighted by molar-refractivity contribution is 0.280. The van der Waals surface area contributed by atoms with Crippen LogP contribution in [0.1, 0.15) is 66.6 Å². The van der Waals surface area contributed by atoms with E-state index in [2.05, 4.69) is 75.2 Å². The van der Waals surface area contributed by atoms with Crippen LogP contribution in [0.15, 0.2) is 49.2 Å². The second-order valence-electron chi connectivity index (χ2n) is 8.04. The van der Waals surface area contributed by atoms with Crippen molar-refractivity contribution in [3.63, 3.8) is 0 Å². The predicted octanol–water partition coefficient (Wildman–Crippen LogP) is 6.68. The van der Waals surface area contributed by atoms with Crippen molar-refractivity contribution >= 4 is 27.8 Å². The minimum atomic E-state index is 0.0480. The molecule has 0 aliphatic heterocycles. The molecular weight excluding hydrogens is 392 g/mol. The molecule has 0 saturated carbocycles. The molecule has 0 saturated heterocycles. The quantitative estimate of drug-likeness (QED) is 0.483. The monoisotopic (exact) mass is 427 g/mol. The molecule has 162 valence electrons. The molecule has 0 heterocycles. The first-order valence-corrected chi connectivity index (χ1v) is 10.5. The van der Waals surface area contributed by atoms with Gasteiger partial charge in [0, 0.05) is 7.05 Å². The molecule has 0 aliphatic rings. The van der Waals surface area contributed by atoms with Crippen LogP contribution in [-0.4, -0.2) is 12.2 Å². The van der Waals surface area contributed by atoms with E-state index in [9.17, 15) is 9.30 Å². The highest BCUT2D eigenvalue weighted by molar-refractivity contribution is 7.09. The Morgan fingerprint density at radius 1 is 1.03 bits per heavy atom. The second-order valence-corrected chi connectivity index (χ2v) is 8.04. The largest absolute Gasteiger partial charge is 0.394 e. The van der Waals surface area contributed by atoms with Crippen LogP contribution in [0.2, 0.25) is 0 Å². The summed E-state index contributed by atoms with van der Waals surface area (Å²) < 4.78 is 9.42. The number of rotatable bonds is 7. The molecule has 1 atom stereocenters. The number of halogens is 1. The van der Waals surface area contributed by atoms with Gasteiger partial charge in [-0.2, -0.15) is 0 Å². The molecule has 2 N–H and O–H groups in total. The Labute approximate surface area is 183 Å². The molecule has 30 heavy (non-hydrogen) atoms.